The third-order valence-electron chi connectivity index (χ3n) is 2.63. The van der Waals surface area contributed by atoms with Crippen molar-refractivity contribution in [2.24, 2.45) is 0 Å². The molecule has 1 aromatic carbocycles. The van der Waals surface area contributed by atoms with Gasteiger partial charge in [-0.05, 0) is 50.6 Å². The maximum Gasteiger partial charge on any atom is 0.0701 e. The van der Waals surface area contributed by atoms with Crippen molar-refractivity contribution in [2.75, 3.05) is 6.61 Å². The minimum Gasteiger partial charge on any atom is -0.394 e. The van der Waals surface area contributed by atoms with Gasteiger partial charge < -0.3 is 10.4 Å². The summed E-state index contributed by atoms with van der Waals surface area (Å²) in [5.41, 5.74) is 2.25. The summed E-state index contributed by atoms with van der Waals surface area (Å²) in [5.74, 6) is 0. The molecule has 2 nitrogen and oxygen atoms in total. The lowest BCUT2D eigenvalue weighted by atomic mass is 10.1. The van der Waals surface area contributed by atoms with Crippen molar-refractivity contribution >= 4 is 38.9 Å². The van der Waals surface area contributed by atoms with Crippen LogP contribution in [-0.2, 0) is 6.54 Å². The highest BCUT2D eigenvalue weighted by Crippen LogP contribution is 2.22. The standard InChI is InChI=1S/C13H13BrClNOS/c14-13-5-9(8-18-13)6-16-12(7-17)10-1-3-11(15)4-2-10/h1-5,8,12,16-17H,6-7H2. The van der Waals surface area contributed by atoms with Crippen LogP contribution < -0.4 is 5.32 Å². The average Bonchev–Trinajstić information content (AvgIpc) is 2.78. The molecule has 0 aliphatic carbocycles. The zero-order chi connectivity index (χ0) is 13.0. The predicted octanol–water partition coefficient (Wildman–Crippen LogP) is 3.99. The SMILES string of the molecule is OCC(NCc1csc(Br)c1)c1ccc(Cl)cc1. The Bertz CT molecular complexity index is 500. The van der Waals surface area contributed by atoms with Gasteiger partial charge in [0.1, 0.15) is 0 Å². The first-order valence-electron chi connectivity index (χ1n) is 5.51. The van der Waals surface area contributed by atoms with Gasteiger partial charge in [-0.25, -0.2) is 0 Å². The first-order chi connectivity index (χ1) is 8.69. The third-order valence-corrected chi connectivity index (χ3v) is 4.43. The van der Waals surface area contributed by atoms with Gasteiger partial charge in [0.2, 0.25) is 0 Å². The van der Waals surface area contributed by atoms with Crippen LogP contribution >= 0.6 is 38.9 Å². The molecular formula is C13H13BrClNOS. The predicted molar refractivity (Wildman–Crippen MR) is 80.1 cm³/mol. The summed E-state index contributed by atoms with van der Waals surface area (Å²) in [7, 11) is 0. The Balaban J connectivity index is 1.99. The van der Waals surface area contributed by atoms with Crippen LogP contribution in [-0.4, -0.2) is 11.7 Å². The van der Waals surface area contributed by atoms with Gasteiger partial charge in [-0.15, -0.1) is 11.3 Å². The van der Waals surface area contributed by atoms with E-state index < -0.39 is 0 Å². The van der Waals surface area contributed by atoms with Crippen molar-refractivity contribution < 1.29 is 5.11 Å². The van der Waals surface area contributed by atoms with Crippen molar-refractivity contribution in [1.29, 1.82) is 0 Å². The minimum atomic E-state index is -0.0686. The molecule has 0 saturated heterocycles. The molecular weight excluding hydrogens is 334 g/mol. The molecule has 18 heavy (non-hydrogen) atoms. The molecule has 1 unspecified atom stereocenters. The van der Waals surface area contributed by atoms with Gasteiger partial charge in [0.05, 0.1) is 16.4 Å². The van der Waals surface area contributed by atoms with Gasteiger partial charge in [-0.1, -0.05) is 23.7 Å². The molecule has 2 N–H and O–H groups in total. The van der Waals surface area contributed by atoms with E-state index in [-0.39, 0.29) is 12.6 Å². The third kappa shape index (κ3) is 3.80. The average molecular weight is 347 g/mol. The van der Waals surface area contributed by atoms with Crippen molar-refractivity contribution in [3.05, 3.63) is 55.6 Å². The smallest absolute Gasteiger partial charge is 0.0701 e. The first kappa shape index (κ1) is 14.0. The second kappa shape index (κ2) is 6.68. The van der Waals surface area contributed by atoms with Crippen molar-refractivity contribution in [3.8, 4) is 0 Å². The molecule has 0 spiro atoms. The quantitative estimate of drug-likeness (QED) is 0.858. The highest BCUT2D eigenvalue weighted by Gasteiger charge is 2.09. The van der Waals surface area contributed by atoms with E-state index >= 15 is 0 Å². The molecule has 5 heteroatoms. The zero-order valence-corrected chi connectivity index (χ0v) is 12.7. The number of halogens is 2. The van der Waals surface area contributed by atoms with E-state index in [4.69, 9.17) is 11.6 Å². The van der Waals surface area contributed by atoms with Crippen LogP contribution in [0.15, 0.2) is 39.5 Å². The van der Waals surface area contributed by atoms with Crippen LogP contribution in [0.4, 0.5) is 0 Å². The fourth-order valence-corrected chi connectivity index (χ4v) is 3.00. The van der Waals surface area contributed by atoms with E-state index in [0.29, 0.717) is 5.02 Å². The molecule has 0 saturated carbocycles. The van der Waals surface area contributed by atoms with Crippen LogP contribution in [0.5, 0.6) is 0 Å². The molecule has 1 atom stereocenters. The fraction of sp³-hybridized carbons (Fsp3) is 0.231. The maximum absolute atomic E-state index is 9.43. The van der Waals surface area contributed by atoms with E-state index in [9.17, 15) is 5.11 Å². The van der Waals surface area contributed by atoms with Gasteiger partial charge >= 0.3 is 0 Å². The highest BCUT2D eigenvalue weighted by molar-refractivity contribution is 9.11. The molecule has 0 aliphatic heterocycles. The summed E-state index contributed by atoms with van der Waals surface area (Å²) in [6.45, 7) is 0.795. The summed E-state index contributed by atoms with van der Waals surface area (Å²) in [4.78, 5) is 0. The molecule has 2 aromatic rings. The monoisotopic (exact) mass is 345 g/mol. The van der Waals surface area contributed by atoms with Crippen molar-refractivity contribution in [2.45, 2.75) is 12.6 Å². The Morgan fingerprint density at radius 3 is 2.61 bits per heavy atom. The first-order valence-corrected chi connectivity index (χ1v) is 7.56. The van der Waals surface area contributed by atoms with E-state index in [1.165, 1.54) is 5.56 Å². The number of thiophene rings is 1. The lowest BCUT2D eigenvalue weighted by molar-refractivity contribution is 0.243. The normalized spacial score (nSPS) is 12.6. The molecule has 96 valence electrons. The molecule has 2 rings (SSSR count). The summed E-state index contributed by atoms with van der Waals surface area (Å²) >= 11 is 10.9. The highest BCUT2D eigenvalue weighted by atomic mass is 79.9. The largest absolute Gasteiger partial charge is 0.394 e. The van der Waals surface area contributed by atoms with Crippen molar-refractivity contribution in [3.63, 3.8) is 0 Å². The molecule has 0 aliphatic rings. The van der Waals surface area contributed by atoms with E-state index in [0.717, 1.165) is 15.9 Å². The Labute approximate surface area is 124 Å². The van der Waals surface area contributed by atoms with E-state index in [1.807, 2.05) is 24.3 Å². The molecule has 1 heterocycles. The Kier molecular flexibility index (Phi) is 5.21. The van der Waals surface area contributed by atoms with Crippen LogP contribution in [0.3, 0.4) is 0 Å². The number of aliphatic hydroxyl groups excluding tert-OH is 1. The lowest BCUT2D eigenvalue weighted by Gasteiger charge is -2.16. The number of hydrogen-bond donors (Lipinski definition) is 2. The van der Waals surface area contributed by atoms with Gasteiger partial charge in [0, 0.05) is 11.6 Å². The van der Waals surface area contributed by atoms with Gasteiger partial charge in [-0.2, -0.15) is 0 Å². The second-order valence-electron chi connectivity index (χ2n) is 3.93. The van der Waals surface area contributed by atoms with Gasteiger partial charge in [0.15, 0.2) is 0 Å². The van der Waals surface area contributed by atoms with Gasteiger partial charge in [0.25, 0.3) is 0 Å². The Morgan fingerprint density at radius 1 is 1.33 bits per heavy atom. The Hall–Kier alpha value is -0.390. The van der Waals surface area contributed by atoms with Crippen LogP contribution in [0.25, 0.3) is 0 Å². The van der Waals surface area contributed by atoms with Gasteiger partial charge in [-0.3, -0.25) is 0 Å². The van der Waals surface area contributed by atoms with E-state index in [2.05, 4.69) is 32.7 Å². The molecule has 0 amide bonds. The van der Waals surface area contributed by atoms with Crippen LogP contribution in [0.2, 0.25) is 5.02 Å². The zero-order valence-electron chi connectivity index (χ0n) is 9.57. The summed E-state index contributed by atoms with van der Waals surface area (Å²) in [6, 6.07) is 9.54. The number of rotatable bonds is 5. The molecule has 0 fully saturated rings. The lowest BCUT2D eigenvalue weighted by Crippen LogP contribution is -2.23. The van der Waals surface area contributed by atoms with E-state index in [1.54, 1.807) is 11.3 Å². The van der Waals surface area contributed by atoms with Crippen LogP contribution in [0, 0.1) is 0 Å². The number of benzene rings is 1. The molecule has 1 aromatic heterocycles. The minimum absolute atomic E-state index is 0.0624. The summed E-state index contributed by atoms with van der Waals surface area (Å²) in [5, 5.41) is 15.6. The number of nitrogens with one attached hydrogen (secondary N) is 1. The number of aliphatic hydroxyl groups is 1. The molecule has 0 bridgehead atoms. The Morgan fingerprint density at radius 2 is 2.06 bits per heavy atom. The topological polar surface area (TPSA) is 32.3 Å². The summed E-state index contributed by atoms with van der Waals surface area (Å²) in [6.07, 6.45) is 0. The second-order valence-corrected chi connectivity index (χ2v) is 6.65. The number of hydrogen-bond acceptors (Lipinski definition) is 3. The maximum atomic E-state index is 9.43. The fourth-order valence-electron chi connectivity index (χ4n) is 1.66. The van der Waals surface area contributed by atoms with Crippen molar-refractivity contribution in [1.82, 2.24) is 5.32 Å². The molecule has 0 radical (unpaired) electrons. The summed E-state index contributed by atoms with van der Waals surface area (Å²) < 4.78 is 1.12. The van der Waals surface area contributed by atoms with Crippen LogP contribution in [0.1, 0.15) is 17.2 Å².